The monoisotopic (exact) mass is 225 g/mol. The zero-order valence-electron chi connectivity index (χ0n) is 9.95. The fourth-order valence-electron chi connectivity index (χ4n) is 2.42. The third kappa shape index (κ3) is 1.86. The highest BCUT2D eigenvalue weighted by Crippen LogP contribution is 2.50. The van der Waals surface area contributed by atoms with Crippen LogP contribution in [0.3, 0.4) is 0 Å². The van der Waals surface area contributed by atoms with E-state index in [1.54, 1.807) is 0 Å². The number of carbonyl (C=O) groups excluding carboxylic acids is 2. The Hall–Kier alpha value is -0.900. The van der Waals surface area contributed by atoms with Crippen LogP contribution in [0.4, 0.5) is 0 Å². The Morgan fingerprint density at radius 3 is 2.31 bits per heavy atom. The summed E-state index contributed by atoms with van der Waals surface area (Å²) in [4.78, 5) is 25.1. The van der Waals surface area contributed by atoms with Crippen molar-refractivity contribution >= 4 is 11.8 Å². The van der Waals surface area contributed by atoms with E-state index in [0.717, 1.165) is 12.8 Å². The molecule has 0 aromatic heterocycles. The normalized spacial score (nSPS) is 26.3. The highest BCUT2D eigenvalue weighted by atomic mass is 16.3. The summed E-state index contributed by atoms with van der Waals surface area (Å²) in [6.45, 7) is 4.28. The zero-order valence-corrected chi connectivity index (χ0v) is 9.95. The van der Waals surface area contributed by atoms with Gasteiger partial charge < -0.3 is 5.11 Å². The Morgan fingerprint density at radius 1 is 1.31 bits per heavy atom. The van der Waals surface area contributed by atoms with Gasteiger partial charge in [0.2, 0.25) is 11.8 Å². The van der Waals surface area contributed by atoms with Crippen molar-refractivity contribution in [1.29, 1.82) is 0 Å². The van der Waals surface area contributed by atoms with Gasteiger partial charge >= 0.3 is 0 Å². The quantitative estimate of drug-likeness (QED) is 0.724. The summed E-state index contributed by atoms with van der Waals surface area (Å²) in [6.07, 6.45) is 3.06. The van der Waals surface area contributed by atoms with Crippen LogP contribution in [-0.4, -0.2) is 35.0 Å². The number of imide groups is 1. The predicted octanol–water partition coefficient (Wildman–Crippen LogP) is 0.934. The van der Waals surface area contributed by atoms with Crippen molar-refractivity contribution in [3.05, 3.63) is 0 Å². The molecule has 4 heteroatoms. The van der Waals surface area contributed by atoms with Crippen LogP contribution >= 0.6 is 0 Å². The van der Waals surface area contributed by atoms with Crippen LogP contribution in [0.5, 0.6) is 0 Å². The fraction of sp³-hybridized carbons (Fsp3) is 0.833. The van der Waals surface area contributed by atoms with Crippen LogP contribution in [0.25, 0.3) is 0 Å². The van der Waals surface area contributed by atoms with Gasteiger partial charge in [0.1, 0.15) is 0 Å². The van der Waals surface area contributed by atoms with Crippen LogP contribution in [0.15, 0.2) is 0 Å². The molecule has 0 spiro atoms. The maximum atomic E-state index is 12.0. The van der Waals surface area contributed by atoms with Crippen molar-refractivity contribution in [3.8, 4) is 0 Å². The molecule has 1 N–H and O–H groups in total. The number of likely N-dealkylation sites (tertiary alicyclic amines) is 1. The molecule has 1 aliphatic carbocycles. The summed E-state index contributed by atoms with van der Waals surface area (Å²) in [5.74, 6) is -0.110. The maximum Gasteiger partial charge on any atom is 0.235 e. The molecule has 0 bridgehead atoms. The van der Waals surface area contributed by atoms with Crippen LogP contribution < -0.4 is 0 Å². The first-order valence-electron chi connectivity index (χ1n) is 5.86. The van der Waals surface area contributed by atoms with Gasteiger partial charge in [-0.3, -0.25) is 14.5 Å². The summed E-state index contributed by atoms with van der Waals surface area (Å²) in [7, 11) is 0. The van der Waals surface area contributed by atoms with Gasteiger partial charge in [0.05, 0.1) is 5.41 Å². The van der Waals surface area contributed by atoms with Crippen LogP contribution in [0, 0.1) is 10.8 Å². The molecule has 1 saturated carbocycles. The van der Waals surface area contributed by atoms with Gasteiger partial charge in [0, 0.05) is 19.6 Å². The predicted molar refractivity (Wildman–Crippen MR) is 58.5 cm³/mol. The second-order valence-corrected chi connectivity index (χ2v) is 5.82. The molecule has 0 aromatic rings. The van der Waals surface area contributed by atoms with E-state index in [4.69, 9.17) is 5.11 Å². The van der Waals surface area contributed by atoms with E-state index in [2.05, 4.69) is 0 Å². The van der Waals surface area contributed by atoms with Crippen molar-refractivity contribution in [1.82, 2.24) is 4.90 Å². The second kappa shape index (κ2) is 3.55. The number of nitrogens with zero attached hydrogens (tertiary/aromatic N) is 1. The summed E-state index contributed by atoms with van der Waals surface area (Å²) >= 11 is 0. The van der Waals surface area contributed by atoms with E-state index < -0.39 is 5.41 Å². The first kappa shape index (κ1) is 11.6. The van der Waals surface area contributed by atoms with Crippen molar-refractivity contribution in [2.75, 3.05) is 13.2 Å². The summed E-state index contributed by atoms with van der Waals surface area (Å²) in [6, 6.07) is 0. The standard InChI is InChI=1S/C12H19NO3/c1-11(2)7-9(15)13(10(11)16)8-12(3-4-12)5-6-14/h14H,3-8H2,1-2H3. The molecule has 0 radical (unpaired) electrons. The minimum atomic E-state index is -0.535. The minimum absolute atomic E-state index is 0.0283. The van der Waals surface area contributed by atoms with Gasteiger partial charge in [0.25, 0.3) is 0 Å². The maximum absolute atomic E-state index is 12.0. The molecule has 1 heterocycles. The lowest BCUT2D eigenvalue weighted by atomic mass is 9.92. The molecule has 16 heavy (non-hydrogen) atoms. The van der Waals surface area contributed by atoms with Crippen LogP contribution in [0.2, 0.25) is 0 Å². The number of amides is 2. The molecular formula is C12H19NO3. The smallest absolute Gasteiger partial charge is 0.235 e. The van der Waals surface area contributed by atoms with E-state index in [9.17, 15) is 9.59 Å². The number of aliphatic hydroxyl groups excluding tert-OH is 1. The number of hydrogen-bond donors (Lipinski definition) is 1. The molecule has 0 aromatic carbocycles. The summed E-state index contributed by atoms with van der Waals surface area (Å²) < 4.78 is 0. The Balaban J connectivity index is 2.06. The highest BCUT2D eigenvalue weighted by molar-refractivity contribution is 6.05. The van der Waals surface area contributed by atoms with E-state index in [0.29, 0.717) is 19.4 Å². The van der Waals surface area contributed by atoms with E-state index in [-0.39, 0.29) is 23.8 Å². The van der Waals surface area contributed by atoms with Gasteiger partial charge in [-0.05, 0) is 24.7 Å². The number of carbonyl (C=O) groups is 2. The summed E-state index contributed by atoms with van der Waals surface area (Å²) in [5.41, 5.74) is -0.507. The molecule has 1 saturated heterocycles. The molecule has 2 aliphatic rings. The Morgan fingerprint density at radius 2 is 1.94 bits per heavy atom. The Kier molecular flexibility index (Phi) is 2.57. The van der Waals surface area contributed by atoms with Gasteiger partial charge in [-0.25, -0.2) is 0 Å². The van der Waals surface area contributed by atoms with Gasteiger partial charge in [-0.1, -0.05) is 13.8 Å². The number of rotatable bonds is 4. The largest absolute Gasteiger partial charge is 0.396 e. The van der Waals surface area contributed by atoms with E-state index >= 15 is 0 Å². The topological polar surface area (TPSA) is 57.6 Å². The van der Waals surface area contributed by atoms with Crippen molar-refractivity contribution in [3.63, 3.8) is 0 Å². The SMILES string of the molecule is CC1(C)CC(=O)N(CC2(CCO)CC2)C1=O. The van der Waals surface area contributed by atoms with Crippen molar-refractivity contribution in [2.45, 2.75) is 39.5 Å². The minimum Gasteiger partial charge on any atom is -0.396 e. The molecule has 0 unspecified atom stereocenters. The summed E-state index contributed by atoms with van der Waals surface area (Å²) in [5, 5.41) is 8.96. The van der Waals surface area contributed by atoms with Gasteiger partial charge in [-0.2, -0.15) is 0 Å². The number of hydrogen-bond acceptors (Lipinski definition) is 3. The fourth-order valence-corrected chi connectivity index (χ4v) is 2.42. The molecule has 0 atom stereocenters. The third-order valence-electron chi connectivity index (χ3n) is 3.81. The van der Waals surface area contributed by atoms with Gasteiger partial charge in [-0.15, -0.1) is 0 Å². The molecule has 2 amide bonds. The van der Waals surface area contributed by atoms with Crippen molar-refractivity contribution < 1.29 is 14.7 Å². The Bertz CT molecular complexity index is 331. The Labute approximate surface area is 95.6 Å². The first-order valence-corrected chi connectivity index (χ1v) is 5.86. The molecule has 2 rings (SSSR count). The molecule has 2 fully saturated rings. The zero-order chi connectivity index (χ0) is 12.0. The lowest BCUT2D eigenvalue weighted by Crippen LogP contribution is -2.37. The van der Waals surface area contributed by atoms with Gasteiger partial charge in [0.15, 0.2) is 0 Å². The van der Waals surface area contributed by atoms with E-state index in [1.807, 2.05) is 13.8 Å². The number of aliphatic hydroxyl groups is 1. The highest BCUT2D eigenvalue weighted by Gasteiger charge is 2.51. The lowest BCUT2D eigenvalue weighted by Gasteiger charge is -2.23. The van der Waals surface area contributed by atoms with Crippen molar-refractivity contribution in [2.24, 2.45) is 10.8 Å². The molecule has 90 valence electrons. The van der Waals surface area contributed by atoms with E-state index in [1.165, 1.54) is 4.90 Å². The average Bonchev–Trinajstić information content (AvgIpc) is 2.89. The van der Waals surface area contributed by atoms with Crippen LogP contribution in [-0.2, 0) is 9.59 Å². The second-order valence-electron chi connectivity index (χ2n) is 5.82. The molecular weight excluding hydrogens is 206 g/mol. The third-order valence-corrected chi connectivity index (χ3v) is 3.81. The molecule has 4 nitrogen and oxygen atoms in total. The lowest BCUT2D eigenvalue weighted by molar-refractivity contribution is -0.141. The van der Waals surface area contributed by atoms with Crippen LogP contribution in [0.1, 0.15) is 39.5 Å². The molecule has 1 aliphatic heterocycles. The average molecular weight is 225 g/mol. The first-order chi connectivity index (χ1) is 7.40.